The zero-order chi connectivity index (χ0) is 12.9. The van der Waals surface area contributed by atoms with E-state index in [-0.39, 0.29) is 12.0 Å². The smallest absolute Gasteiger partial charge is 0.481 e. The van der Waals surface area contributed by atoms with E-state index in [0.29, 0.717) is 6.42 Å². The van der Waals surface area contributed by atoms with E-state index >= 15 is 0 Å². The third kappa shape index (κ3) is 5.54. The summed E-state index contributed by atoms with van der Waals surface area (Å²) in [7, 11) is 0. The van der Waals surface area contributed by atoms with Gasteiger partial charge in [-0.05, 0) is 19.3 Å². The van der Waals surface area contributed by atoms with Gasteiger partial charge in [0.15, 0.2) is 0 Å². The highest BCUT2D eigenvalue weighted by Crippen LogP contribution is 2.23. The molecule has 0 aliphatic heterocycles. The molecule has 1 fully saturated rings. The van der Waals surface area contributed by atoms with Crippen molar-refractivity contribution in [3.63, 3.8) is 0 Å². The SMILES string of the molecule is N[C@H]1CC[C@@H](C(=O)O)C1.O=C(O)C(F)(F)F. The van der Waals surface area contributed by atoms with Crippen molar-refractivity contribution in [1.29, 1.82) is 0 Å². The van der Waals surface area contributed by atoms with Gasteiger partial charge in [-0.2, -0.15) is 13.2 Å². The molecule has 0 aromatic rings. The fourth-order valence-corrected chi connectivity index (χ4v) is 1.24. The Morgan fingerprint density at radius 3 is 1.75 bits per heavy atom. The van der Waals surface area contributed by atoms with Gasteiger partial charge in [0, 0.05) is 6.04 Å². The monoisotopic (exact) mass is 243 g/mol. The normalized spacial score (nSPS) is 24.5. The minimum Gasteiger partial charge on any atom is -0.481 e. The van der Waals surface area contributed by atoms with Gasteiger partial charge < -0.3 is 15.9 Å². The first-order valence-corrected chi connectivity index (χ1v) is 4.43. The highest BCUT2D eigenvalue weighted by Gasteiger charge is 2.38. The van der Waals surface area contributed by atoms with E-state index in [1.165, 1.54) is 0 Å². The molecule has 4 N–H and O–H groups in total. The molecule has 0 aromatic heterocycles. The molecule has 1 saturated carbocycles. The molecule has 2 atom stereocenters. The number of carboxylic acids is 2. The van der Waals surface area contributed by atoms with Crippen LogP contribution >= 0.6 is 0 Å². The topological polar surface area (TPSA) is 101 Å². The molecule has 0 aromatic carbocycles. The zero-order valence-corrected chi connectivity index (χ0v) is 8.20. The lowest BCUT2D eigenvalue weighted by Gasteiger charge is -1.99. The third-order valence-electron chi connectivity index (χ3n) is 2.06. The van der Waals surface area contributed by atoms with Crippen molar-refractivity contribution in [3.8, 4) is 0 Å². The number of aliphatic carboxylic acids is 2. The zero-order valence-electron chi connectivity index (χ0n) is 8.20. The molecule has 1 aliphatic carbocycles. The molecule has 0 unspecified atom stereocenters. The van der Waals surface area contributed by atoms with Gasteiger partial charge in [-0.25, -0.2) is 4.79 Å². The number of alkyl halides is 3. The van der Waals surface area contributed by atoms with Crippen molar-refractivity contribution in [2.24, 2.45) is 11.7 Å². The Balaban J connectivity index is 0.000000293. The Bertz CT molecular complexity index is 266. The molecular formula is C8H12F3NO4. The first-order valence-electron chi connectivity index (χ1n) is 4.43. The molecule has 94 valence electrons. The summed E-state index contributed by atoms with van der Waals surface area (Å²) in [6, 6.07) is 0.131. The molecule has 1 aliphatic rings. The fourth-order valence-electron chi connectivity index (χ4n) is 1.24. The van der Waals surface area contributed by atoms with Crippen molar-refractivity contribution in [3.05, 3.63) is 0 Å². The van der Waals surface area contributed by atoms with E-state index in [4.69, 9.17) is 20.7 Å². The summed E-state index contributed by atoms with van der Waals surface area (Å²) in [6.07, 6.45) is -2.79. The molecule has 0 saturated heterocycles. The van der Waals surface area contributed by atoms with Crippen molar-refractivity contribution < 1.29 is 33.0 Å². The maximum atomic E-state index is 10.6. The Labute approximate surface area is 89.0 Å². The molecule has 0 bridgehead atoms. The minimum atomic E-state index is -5.08. The third-order valence-corrected chi connectivity index (χ3v) is 2.06. The van der Waals surface area contributed by atoms with Crippen molar-refractivity contribution in [2.45, 2.75) is 31.5 Å². The van der Waals surface area contributed by atoms with Crippen LogP contribution in [0.3, 0.4) is 0 Å². The second-order valence-electron chi connectivity index (χ2n) is 3.41. The maximum Gasteiger partial charge on any atom is 0.490 e. The standard InChI is InChI=1S/C6H11NO2.C2HF3O2/c7-5-2-1-4(3-5)6(8)9;3-2(4,5)1(6)7/h4-5H,1-3,7H2,(H,8,9);(H,6,7)/t4-,5+;/m1./s1. The van der Waals surface area contributed by atoms with Crippen LogP contribution in [0.1, 0.15) is 19.3 Å². The van der Waals surface area contributed by atoms with Crippen LogP contribution in [0, 0.1) is 5.92 Å². The van der Waals surface area contributed by atoms with E-state index in [2.05, 4.69) is 0 Å². The first-order chi connectivity index (χ1) is 7.14. The molecule has 0 spiro atoms. The first kappa shape index (κ1) is 14.7. The number of halogens is 3. The molecular weight excluding hydrogens is 231 g/mol. The maximum absolute atomic E-state index is 10.6. The summed E-state index contributed by atoms with van der Waals surface area (Å²) in [5.41, 5.74) is 5.50. The molecule has 8 heteroatoms. The summed E-state index contributed by atoms with van der Waals surface area (Å²) in [4.78, 5) is 19.2. The van der Waals surface area contributed by atoms with Crippen LogP contribution in [0.15, 0.2) is 0 Å². The van der Waals surface area contributed by atoms with Crippen molar-refractivity contribution in [1.82, 2.24) is 0 Å². The van der Waals surface area contributed by atoms with Crippen molar-refractivity contribution in [2.75, 3.05) is 0 Å². The van der Waals surface area contributed by atoms with Crippen LogP contribution in [0.25, 0.3) is 0 Å². The van der Waals surface area contributed by atoms with Crippen LogP contribution in [0.2, 0.25) is 0 Å². The Kier molecular flexibility index (Phi) is 5.22. The van der Waals surface area contributed by atoms with E-state index in [1.54, 1.807) is 0 Å². The highest BCUT2D eigenvalue weighted by atomic mass is 19.4. The number of rotatable bonds is 1. The molecule has 1 rings (SSSR count). The number of carbonyl (C=O) groups is 2. The van der Waals surface area contributed by atoms with Crippen LogP contribution in [-0.4, -0.2) is 34.4 Å². The minimum absolute atomic E-state index is 0.131. The van der Waals surface area contributed by atoms with E-state index < -0.39 is 18.1 Å². The quantitative estimate of drug-likeness (QED) is 0.633. The van der Waals surface area contributed by atoms with Gasteiger partial charge in [0.25, 0.3) is 0 Å². The highest BCUT2D eigenvalue weighted by molar-refractivity contribution is 5.73. The lowest BCUT2D eigenvalue weighted by atomic mass is 10.1. The molecule has 0 amide bonds. The summed E-state index contributed by atoms with van der Waals surface area (Å²) in [6.45, 7) is 0. The van der Waals surface area contributed by atoms with Gasteiger partial charge in [-0.1, -0.05) is 0 Å². The summed E-state index contributed by atoms with van der Waals surface area (Å²) < 4.78 is 31.7. The van der Waals surface area contributed by atoms with Crippen LogP contribution in [0.4, 0.5) is 13.2 Å². The van der Waals surface area contributed by atoms with Crippen LogP contribution in [-0.2, 0) is 9.59 Å². The Morgan fingerprint density at radius 2 is 1.62 bits per heavy atom. The van der Waals surface area contributed by atoms with Crippen LogP contribution < -0.4 is 5.73 Å². The molecule has 5 nitrogen and oxygen atoms in total. The van der Waals surface area contributed by atoms with Gasteiger partial charge in [-0.3, -0.25) is 4.79 Å². The Hall–Kier alpha value is -1.31. The number of hydrogen-bond donors (Lipinski definition) is 3. The van der Waals surface area contributed by atoms with Gasteiger partial charge in [0.05, 0.1) is 5.92 Å². The summed E-state index contributed by atoms with van der Waals surface area (Å²) >= 11 is 0. The van der Waals surface area contributed by atoms with Gasteiger partial charge >= 0.3 is 18.1 Å². The van der Waals surface area contributed by atoms with Gasteiger partial charge in [-0.15, -0.1) is 0 Å². The summed E-state index contributed by atoms with van der Waals surface area (Å²) in [5, 5.41) is 15.6. The largest absolute Gasteiger partial charge is 0.490 e. The lowest BCUT2D eigenvalue weighted by Crippen LogP contribution is -2.21. The predicted octanol–water partition coefficient (Wildman–Crippen LogP) is 0.832. The average Bonchev–Trinajstić information content (AvgIpc) is 2.51. The molecule has 0 heterocycles. The average molecular weight is 243 g/mol. The van der Waals surface area contributed by atoms with E-state index in [9.17, 15) is 18.0 Å². The number of carboxylic acid groups (broad SMARTS) is 2. The van der Waals surface area contributed by atoms with E-state index in [1.807, 2.05) is 0 Å². The van der Waals surface area contributed by atoms with Gasteiger partial charge in [0.1, 0.15) is 0 Å². The second kappa shape index (κ2) is 5.69. The molecule has 16 heavy (non-hydrogen) atoms. The molecule has 0 radical (unpaired) electrons. The van der Waals surface area contributed by atoms with Crippen LogP contribution in [0.5, 0.6) is 0 Å². The van der Waals surface area contributed by atoms with Gasteiger partial charge in [0.2, 0.25) is 0 Å². The summed E-state index contributed by atoms with van der Waals surface area (Å²) in [5.74, 6) is -3.62. The predicted molar refractivity (Wildman–Crippen MR) is 46.6 cm³/mol. The van der Waals surface area contributed by atoms with E-state index in [0.717, 1.165) is 12.8 Å². The number of hydrogen-bond acceptors (Lipinski definition) is 3. The fraction of sp³-hybridized carbons (Fsp3) is 0.750. The number of nitrogens with two attached hydrogens (primary N) is 1. The second-order valence-corrected chi connectivity index (χ2v) is 3.41. The Morgan fingerprint density at radius 1 is 1.19 bits per heavy atom. The van der Waals surface area contributed by atoms with Crippen molar-refractivity contribution >= 4 is 11.9 Å². The lowest BCUT2D eigenvalue weighted by molar-refractivity contribution is -0.192.